The zero-order valence-corrected chi connectivity index (χ0v) is 20.0. The fraction of sp³-hybridized carbons (Fsp3) is 0.481. The largest absolute Gasteiger partial charge is 0.378 e. The van der Waals surface area contributed by atoms with Gasteiger partial charge in [-0.2, -0.15) is 0 Å². The number of hydrogen-bond donors (Lipinski definition) is 1. The molecule has 0 aromatic heterocycles. The Balaban J connectivity index is 1.31. The summed E-state index contributed by atoms with van der Waals surface area (Å²) in [6, 6.07) is 14.5. The minimum absolute atomic E-state index is 0.0167. The lowest BCUT2D eigenvalue weighted by Crippen LogP contribution is -2.47. The standard InChI is InChI=1S/C27H34N4O3/c1-20-3-2-4-21(17-20)19-29-9-11-30(12-10-29)25-8-7-23(28-26(32)22-5-6-22)18-24(25)27(33)31-13-15-34-16-14-31/h2-4,7-8,17-18,22H,5-6,9-16,19H2,1H3,(H,28,32). The normalized spacial score (nSPS) is 19.2. The van der Waals surface area contributed by atoms with Crippen molar-refractivity contribution in [3.05, 3.63) is 59.2 Å². The van der Waals surface area contributed by atoms with Crippen molar-refractivity contribution in [1.82, 2.24) is 9.80 Å². The van der Waals surface area contributed by atoms with Crippen molar-refractivity contribution in [3.63, 3.8) is 0 Å². The van der Waals surface area contributed by atoms with E-state index in [0.29, 0.717) is 37.6 Å². The molecule has 2 heterocycles. The van der Waals surface area contributed by atoms with E-state index in [-0.39, 0.29) is 17.7 Å². The van der Waals surface area contributed by atoms with Crippen molar-refractivity contribution in [2.24, 2.45) is 5.92 Å². The number of piperazine rings is 1. The summed E-state index contributed by atoms with van der Waals surface area (Å²) >= 11 is 0. The minimum atomic E-state index is 0.0167. The van der Waals surface area contributed by atoms with Crippen LogP contribution in [0.15, 0.2) is 42.5 Å². The number of rotatable bonds is 6. The fourth-order valence-corrected chi connectivity index (χ4v) is 4.80. The maximum atomic E-state index is 13.5. The Bertz CT molecular complexity index is 1040. The molecular weight excluding hydrogens is 428 g/mol. The van der Waals surface area contributed by atoms with E-state index in [1.54, 1.807) is 0 Å². The third-order valence-electron chi connectivity index (χ3n) is 6.94. The van der Waals surface area contributed by atoms with Crippen LogP contribution in [0.3, 0.4) is 0 Å². The van der Waals surface area contributed by atoms with Gasteiger partial charge in [-0.15, -0.1) is 0 Å². The molecule has 2 saturated heterocycles. The first-order valence-corrected chi connectivity index (χ1v) is 12.4. The summed E-state index contributed by atoms with van der Waals surface area (Å²) in [5.74, 6) is 0.199. The number of amides is 2. The minimum Gasteiger partial charge on any atom is -0.378 e. The number of hydrogen-bond acceptors (Lipinski definition) is 5. The molecule has 1 aliphatic carbocycles. The van der Waals surface area contributed by atoms with Crippen LogP contribution in [0, 0.1) is 12.8 Å². The third kappa shape index (κ3) is 5.42. The summed E-state index contributed by atoms with van der Waals surface area (Å²) in [6.07, 6.45) is 1.91. The smallest absolute Gasteiger partial charge is 0.256 e. The van der Waals surface area contributed by atoms with Gasteiger partial charge in [0.1, 0.15) is 0 Å². The predicted molar refractivity (Wildman–Crippen MR) is 133 cm³/mol. The van der Waals surface area contributed by atoms with Gasteiger partial charge in [0.15, 0.2) is 0 Å². The van der Waals surface area contributed by atoms with Crippen molar-refractivity contribution in [3.8, 4) is 0 Å². The Kier molecular flexibility index (Phi) is 6.83. The Labute approximate surface area is 201 Å². The van der Waals surface area contributed by atoms with Gasteiger partial charge in [0.25, 0.3) is 5.91 Å². The Hall–Kier alpha value is -2.90. The van der Waals surface area contributed by atoms with Crippen molar-refractivity contribution < 1.29 is 14.3 Å². The predicted octanol–water partition coefficient (Wildman–Crippen LogP) is 3.14. The molecule has 2 amide bonds. The highest BCUT2D eigenvalue weighted by Gasteiger charge is 2.30. The molecule has 2 aromatic carbocycles. The van der Waals surface area contributed by atoms with Gasteiger partial charge in [0.2, 0.25) is 5.91 Å². The molecule has 5 rings (SSSR count). The van der Waals surface area contributed by atoms with Crippen LogP contribution in [-0.4, -0.2) is 74.1 Å². The highest BCUT2D eigenvalue weighted by molar-refractivity contribution is 6.02. The average molecular weight is 463 g/mol. The second kappa shape index (κ2) is 10.2. The number of anilines is 2. The van der Waals surface area contributed by atoms with Crippen LogP contribution >= 0.6 is 0 Å². The molecule has 0 spiro atoms. The quantitative estimate of drug-likeness (QED) is 0.715. The average Bonchev–Trinajstić information content (AvgIpc) is 3.71. The number of aryl methyl sites for hydroxylation is 1. The van der Waals surface area contributed by atoms with Crippen molar-refractivity contribution in [2.75, 3.05) is 62.7 Å². The Morgan fingerprint density at radius 1 is 0.971 bits per heavy atom. The molecule has 1 saturated carbocycles. The van der Waals surface area contributed by atoms with Crippen LogP contribution in [0.5, 0.6) is 0 Å². The lowest BCUT2D eigenvalue weighted by atomic mass is 10.1. The number of nitrogens with one attached hydrogen (secondary N) is 1. The molecule has 0 bridgehead atoms. The molecule has 7 nitrogen and oxygen atoms in total. The highest BCUT2D eigenvalue weighted by Crippen LogP contribution is 2.32. The van der Waals surface area contributed by atoms with Gasteiger partial charge >= 0.3 is 0 Å². The van der Waals surface area contributed by atoms with Gasteiger partial charge in [0, 0.05) is 63.1 Å². The van der Waals surface area contributed by atoms with E-state index in [1.165, 1.54) is 11.1 Å². The molecule has 0 unspecified atom stereocenters. The van der Waals surface area contributed by atoms with Crippen LogP contribution in [0.2, 0.25) is 0 Å². The van der Waals surface area contributed by atoms with Gasteiger partial charge < -0.3 is 19.9 Å². The monoisotopic (exact) mass is 462 g/mol. The summed E-state index contributed by atoms with van der Waals surface area (Å²) in [5, 5.41) is 3.01. The van der Waals surface area contributed by atoms with Gasteiger partial charge in [-0.25, -0.2) is 0 Å². The first-order valence-electron chi connectivity index (χ1n) is 12.4. The lowest BCUT2D eigenvalue weighted by molar-refractivity contribution is -0.117. The van der Waals surface area contributed by atoms with Crippen LogP contribution in [0.4, 0.5) is 11.4 Å². The zero-order valence-electron chi connectivity index (χ0n) is 20.0. The van der Waals surface area contributed by atoms with Gasteiger partial charge in [-0.05, 0) is 43.5 Å². The number of carbonyl (C=O) groups excluding carboxylic acids is 2. The number of morpholine rings is 1. The summed E-state index contributed by atoms with van der Waals surface area (Å²) < 4.78 is 5.44. The van der Waals surface area contributed by atoms with Crippen LogP contribution in [0.1, 0.15) is 34.3 Å². The Morgan fingerprint density at radius 3 is 2.44 bits per heavy atom. The summed E-state index contributed by atoms with van der Waals surface area (Å²) in [6.45, 7) is 9.02. The third-order valence-corrected chi connectivity index (χ3v) is 6.94. The second-order valence-corrected chi connectivity index (χ2v) is 9.65. The maximum absolute atomic E-state index is 13.5. The summed E-state index contributed by atoms with van der Waals surface area (Å²) in [7, 11) is 0. The molecule has 3 aliphatic rings. The van der Waals surface area contributed by atoms with E-state index in [1.807, 2.05) is 23.1 Å². The highest BCUT2D eigenvalue weighted by atomic mass is 16.5. The SMILES string of the molecule is Cc1cccc(CN2CCN(c3ccc(NC(=O)C4CC4)cc3C(=O)N3CCOCC3)CC2)c1. The van der Waals surface area contributed by atoms with Crippen LogP contribution < -0.4 is 10.2 Å². The molecule has 0 radical (unpaired) electrons. The van der Waals surface area contributed by atoms with Crippen molar-refractivity contribution >= 4 is 23.2 Å². The molecule has 1 N–H and O–H groups in total. The van der Waals surface area contributed by atoms with E-state index >= 15 is 0 Å². The molecule has 7 heteroatoms. The topological polar surface area (TPSA) is 65.1 Å². The first-order chi connectivity index (χ1) is 16.6. The van der Waals surface area contributed by atoms with Gasteiger partial charge in [0.05, 0.1) is 18.8 Å². The van der Waals surface area contributed by atoms with Gasteiger partial charge in [-0.1, -0.05) is 29.8 Å². The molecule has 34 heavy (non-hydrogen) atoms. The number of ether oxygens (including phenoxy) is 1. The van der Waals surface area contributed by atoms with E-state index in [2.05, 4.69) is 46.3 Å². The zero-order chi connectivity index (χ0) is 23.5. The van der Waals surface area contributed by atoms with Crippen LogP contribution in [-0.2, 0) is 16.1 Å². The second-order valence-electron chi connectivity index (χ2n) is 9.65. The Morgan fingerprint density at radius 2 is 1.74 bits per heavy atom. The number of nitrogens with zero attached hydrogens (tertiary/aromatic N) is 3. The van der Waals surface area contributed by atoms with Crippen molar-refractivity contribution in [1.29, 1.82) is 0 Å². The summed E-state index contributed by atoms with van der Waals surface area (Å²) in [5.41, 5.74) is 4.96. The van der Waals surface area contributed by atoms with E-state index in [0.717, 1.165) is 51.3 Å². The molecule has 3 fully saturated rings. The summed E-state index contributed by atoms with van der Waals surface area (Å²) in [4.78, 5) is 32.5. The van der Waals surface area contributed by atoms with E-state index in [4.69, 9.17) is 4.74 Å². The lowest BCUT2D eigenvalue weighted by Gasteiger charge is -2.37. The molecular formula is C27H34N4O3. The number of benzene rings is 2. The van der Waals surface area contributed by atoms with Crippen molar-refractivity contribution in [2.45, 2.75) is 26.3 Å². The molecule has 2 aliphatic heterocycles. The van der Waals surface area contributed by atoms with E-state index < -0.39 is 0 Å². The van der Waals surface area contributed by atoms with Crippen LogP contribution in [0.25, 0.3) is 0 Å². The molecule has 180 valence electrons. The molecule has 2 aromatic rings. The molecule has 0 atom stereocenters. The fourth-order valence-electron chi connectivity index (χ4n) is 4.80. The first kappa shape index (κ1) is 22.9. The van der Waals surface area contributed by atoms with Gasteiger partial charge in [-0.3, -0.25) is 14.5 Å². The maximum Gasteiger partial charge on any atom is 0.256 e. The number of carbonyl (C=O) groups is 2. The van der Waals surface area contributed by atoms with E-state index in [9.17, 15) is 9.59 Å².